The van der Waals surface area contributed by atoms with Crippen LogP contribution in [-0.2, 0) is 11.3 Å². The molecule has 0 bridgehead atoms. The molecule has 0 radical (unpaired) electrons. The molecule has 0 spiro atoms. The van der Waals surface area contributed by atoms with Gasteiger partial charge in [-0.2, -0.15) is 0 Å². The summed E-state index contributed by atoms with van der Waals surface area (Å²) >= 11 is 7.43. The number of benzene rings is 3. The van der Waals surface area contributed by atoms with Crippen molar-refractivity contribution in [3.05, 3.63) is 93.5 Å². The van der Waals surface area contributed by atoms with E-state index in [9.17, 15) is 14.0 Å². The first kappa shape index (κ1) is 23.8. The van der Waals surface area contributed by atoms with Crippen LogP contribution in [0.4, 0.5) is 4.39 Å². The molecule has 0 atom stereocenters. The predicted molar refractivity (Wildman–Crippen MR) is 132 cm³/mol. The van der Waals surface area contributed by atoms with Gasteiger partial charge in [0.25, 0.3) is 5.56 Å². The van der Waals surface area contributed by atoms with E-state index in [0.29, 0.717) is 38.1 Å². The number of carbonyl (C=O) groups is 1. The van der Waals surface area contributed by atoms with Crippen molar-refractivity contribution in [2.45, 2.75) is 11.7 Å². The van der Waals surface area contributed by atoms with E-state index in [0.717, 1.165) is 11.8 Å². The second-order valence-electron chi connectivity index (χ2n) is 7.50. The van der Waals surface area contributed by atoms with Crippen LogP contribution >= 0.6 is 23.4 Å². The molecule has 0 fully saturated rings. The summed E-state index contributed by atoms with van der Waals surface area (Å²) in [6.07, 6.45) is 0. The van der Waals surface area contributed by atoms with Crippen LogP contribution in [0.1, 0.15) is 5.56 Å². The van der Waals surface area contributed by atoms with Crippen LogP contribution in [0.5, 0.6) is 5.75 Å². The third-order valence-corrected chi connectivity index (χ3v) is 6.47. The first-order valence-corrected chi connectivity index (χ1v) is 11.7. The standard InChI is InChI=1S/C25H21ClFN3O3S/c1-29(14-16-7-3-5-9-20(16)27)23(31)15-34-25-28-21-10-6-4-8-18(21)24(32)30(25)17-11-12-22(33-2)19(26)13-17/h3-13H,14-15H2,1-2H3. The third-order valence-electron chi connectivity index (χ3n) is 5.25. The molecule has 34 heavy (non-hydrogen) atoms. The fraction of sp³-hybridized carbons (Fsp3) is 0.160. The maximum Gasteiger partial charge on any atom is 0.266 e. The number of hydrogen-bond acceptors (Lipinski definition) is 5. The Morgan fingerprint density at radius 1 is 1.15 bits per heavy atom. The first-order valence-electron chi connectivity index (χ1n) is 10.3. The molecule has 1 aromatic heterocycles. The molecule has 9 heteroatoms. The van der Waals surface area contributed by atoms with Gasteiger partial charge in [0.1, 0.15) is 11.6 Å². The Bertz CT molecular complexity index is 1430. The van der Waals surface area contributed by atoms with Crippen LogP contribution in [0.2, 0.25) is 5.02 Å². The molecule has 6 nitrogen and oxygen atoms in total. The van der Waals surface area contributed by atoms with Gasteiger partial charge in [0.2, 0.25) is 5.91 Å². The highest BCUT2D eigenvalue weighted by Gasteiger charge is 2.18. The van der Waals surface area contributed by atoms with E-state index < -0.39 is 0 Å². The summed E-state index contributed by atoms with van der Waals surface area (Å²) in [7, 11) is 3.12. The van der Waals surface area contributed by atoms with Crippen molar-refractivity contribution in [1.82, 2.24) is 14.5 Å². The minimum Gasteiger partial charge on any atom is -0.495 e. The Hall–Kier alpha value is -3.36. The van der Waals surface area contributed by atoms with E-state index in [4.69, 9.17) is 16.3 Å². The average Bonchev–Trinajstić information content (AvgIpc) is 2.84. The van der Waals surface area contributed by atoms with E-state index in [2.05, 4.69) is 4.98 Å². The Kier molecular flexibility index (Phi) is 7.19. The van der Waals surface area contributed by atoms with Gasteiger partial charge >= 0.3 is 0 Å². The number of rotatable bonds is 7. The summed E-state index contributed by atoms with van der Waals surface area (Å²) < 4.78 is 20.6. The lowest BCUT2D eigenvalue weighted by Gasteiger charge is -2.18. The summed E-state index contributed by atoms with van der Waals surface area (Å²) in [4.78, 5) is 32.2. The Balaban J connectivity index is 1.66. The molecular weight excluding hydrogens is 477 g/mol. The minimum atomic E-state index is -0.365. The average molecular weight is 498 g/mol. The zero-order valence-electron chi connectivity index (χ0n) is 18.5. The van der Waals surface area contributed by atoms with Gasteiger partial charge in [0, 0.05) is 19.2 Å². The predicted octanol–water partition coefficient (Wildman–Crippen LogP) is 4.94. The molecule has 1 heterocycles. The number of amides is 1. The SMILES string of the molecule is COc1ccc(-n2c(SCC(=O)N(C)Cc3ccccc3F)nc3ccccc3c2=O)cc1Cl. The highest BCUT2D eigenvalue weighted by atomic mass is 35.5. The largest absolute Gasteiger partial charge is 0.495 e. The number of hydrogen-bond donors (Lipinski definition) is 0. The minimum absolute atomic E-state index is 0.0135. The van der Waals surface area contributed by atoms with Gasteiger partial charge < -0.3 is 9.64 Å². The number of methoxy groups -OCH3 is 1. The third kappa shape index (κ3) is 4.93. The quantitative estimate of drug-likeness (QED) is 0.267. The summed E-state index contributed by atoms with van der Waals surface area (Å²) in [6.45, 7) is 0.137. The zero-order chi connectivity index (χ0) is 24.2. The van der Waals surface area contributed by atoms with Crippen LogP contribution in [-0.4, -0.2) is 40.3 Å². The first-order chi connectivity index (χ1) is 16.4. The normalized spacial score (nSPS) is 10.9. The monoisotopic (exact) mass is 497 g/mol. The molecule has 0 N–H and O–H groups in total. The second kappa shape index (κ2) is 10.3. The van der Waals surface area contributed by atoms with E-state index in [1.807, 2.05) is 0 Å². The summed E-state index contributed by atoms with van der Waals surface area (Å²) in [5.41, 5.74) is 1.18. The molecule has 4 aromatic rings. The number of nitrogens with zero attached hydrogens (tertiary/aromatic N) is 3. The van der Waals surface area contributed by atoms with Crippen LogP contribution in [0.15, 0.2) is 76.7 Å². The van der Waals surface area contributed by atoms with Crippen molar-refractivity contribution in [2.24, 2.45) is 0 Å². The van der Waals surface area contributed by atoms with E-state index >= 15 is 0 Å². The highest BCUT2D eigenvalue weighted by Crippen LogP contribution is 2.28. The van der Waals surface area contributed by atoms with E-state index in [1.165, 1.54) is 22.6 Å². The van der Waals surface area contributed by atoms with Gasteiger partial charge in [-0.1, -0.05) is 53.7 Å². The fourth-order valence-corrected chi connectivity index (χ4v) is 4.64. The van der Waals surface area contributed by atoms with Crippen LogP contribution in [0.3, 0.4) is 0 Å². The number of ether oxygens (including phenoxy) is 1. The summed E-state index contributed by atoms with van der Waals surface area (Å²) in [5, 5.41) is 1.14. The molecule has 0 unspecified atom stereocenters. The highest BCUT2D eigenvalue weighted by molar-refractivity contribution is 7.99. The lowest BCUT2D eigenvalue weighted by molar-refractivity contribution is -0.127. The number of thioether (sulfide) groups is 1. The van der Waals surface area contributed by atoms with Crippen molar-refractivity contribution in [2.75, 3.05) is 19.9 Å². The molecule has 4 rings (SSSR count). The molecule has 1 amide bonds. The Morgan fingerprint density at radius 2 is 1.88 bits per heavy atom. The van der Waals surface area contributed by atoms with Crippen LogP contribution in [0, 0.1) is 5.82 Å². The second-order valence-corrected chi connectivity index (χ2v) is 8.85. The van der Waals surface area contributed by atoms with Crippen molar-refractivity contribution in [3.8, 4) is 11.4 Å². The van der Waals surface area contributed by atoms with Gasteiger partial charge in [-0.15, -0.1) is 0 Å². The van der Waals surface area contributed by atoms with Gasteiger partial charge in [-0.05, 0) is 36.4 Å². The maximum atomic E-state index is 14.0. The van der Waals surface area contributed by atoms with Crippen LogP contribution < -0.4 is 10.3 Å². The topological polar surface area (TPSA) is 64.4 Å². The van der Waals surface area contributed by atoms with E-state index in [-0.39, 0.29) is 29.6 Å². The number of aromatic nitrogens is 2. The molecule has 0 aliphatic carbocycles. The molecule has 0 aliphatic heterocycles. The summed E-state index contributed by atoms with van der Waals surface area (Å²) in [6, 6.07) is 18.3. The van der Waals surface area contributed by atoms with Crippen LogP contribution in [0.25, 0.3) is 16.6 Å². The molecule has 0 aliphatic rings. The van der Waals surface area contributed by atoms with Gasteiger partial charge in [0.05, 0.1) is 34.5 Å². The van der Waals surface area contributed by atoms with Gasteiger partial charge in [-0.25, -0.2) is 9.37 Å². The van der Waals surface area contributed by atoms with Crippen molar-refractivity contribution in [3.63, 3.8) is 0 Å². The zero-order valence-corrected chi connectivity index (χ0v) is 20.1. The molecule has 174 valence electrons. The number of para-hydroxylation sites is 1. The number of fused-ring (bicyclic) bond motifs is 1. The lowest BCUT2D eigenvalue weighted by Crippen LogP contribution is -2.29. The van der Waals surface area contributed by atoms with Crippen molar-refractivity contribution >= 4 is 40.2 Å². The lowest BCUT2D eigenvalue weighted by atomic mass is 10.2. The van der Waals surface area contributed by atoms with Gasteiger partial charge in [-0.3, -0.25) is 14.2 Å². The summed E-state index contributed by atoms with van der Waals surface area (Å²) in [5.74, 6) is -0.0999. The Labute approximate surface area is 204 Å². The Morgan fingerprint density at radius 3 is 2.62 bits per heavy atom. The maximum absolute atomic E-state index is 14.0. The van der Waals surface area contributed by atoms with Crippen molar-refractivity contribution in [1.29, 1.82) is 0 Å². The smallest absolute Gasteiger partial charge is 0.266 e. The molecular formula is C25H21ClFN3O3S. The van der Waals surface area contributed by atoms with E-state index in [1.54, 1.807) is 67.7 Å². The molecule has 0 saturated carbocycles. The molecule has 0 saturated heterocycles. The number of carbonyl (C=O) groups excluding carboxylic acids is 1. The van der Waals surface area contributed by atoms with Gasteiger partial charge in [0.15, 0.2) is 5.16 Å². The van der Waals surface area contributed by atoms with Crippen molar-refractivity contribution < 1.29 is 13.9 Å². The molecule has 3 aromatic carbocycles. The number of halogens is 2. The fourth-order valence-electron chi connectivity index (χ4n) is 3.44.